The van der Waals surface area contributed by atoms with Crippen molar-refractivity contribution in [2.75, 3.05) is 7.11 Å². The van der Waals surface area contributed by atoms with Gasteiger partial charge in [-0.2, -0.15) is 0 Å². The van der Waals surface area contributed by atoms with Gasteiger partial charge in [-0.1, -0.05) is 6.07 Å². The predicted octanol–water partition coefficient (Wildman–Crippen LogP) is 2.20. The number of rotatable bonds is 3. The van der Waals surface area contributed by atoms with Gasteiger partial charge in [0.25, 0.3) is 5.56 Å². The van der Waals surface area contributed by atoms with Crippen LogP contribution >= 0.6 is 15.9 Å². The lowest BCUT2D eigenvalue weighted by Crippen LogP contribution is -2.21. The van der Waals surface area contributed by atoms with E-state index in [-0.39, 0.29) is 12.1 Å². The van der Waals surface area contributed by atoms with Crippen molar-refractivity contribution in [1.29, 1.82) is 0 Å². The van der Waals surface area contributed by atoms with Crippen LogP contribution in [0.3, 0.4) is 0 Å². The van der Waals surface area contributed by atoms with Gasteiger partial charge in [-0.05, 0) is 22.0 Å². The fraction of sp³-hybridized carbons (Fsp3) is 0.167. The Labute approximate surface area is 111 Å². The van der Waals surface area contributed by atoms with E-state index in [0.717, 1.165) is 0 Å². The Morgan fingerprint density at radius 3 is 2.94 bits per heavy atom. The minimum absolute atomic E-state index is 0.126. The van der Waals surface area contributed by atoms with Crippen LogP contribution in [0.25, 0.3) is 0 Å². The minimum atomic E-state index is -0.416. The van der Waals surface area contributed by atoms with E-state index in [0.29, 0.717) is 15.8 Å². The number of aromatic nitrogens is 2. The number of halogens is 2. The molecule has 0 radical (unpaired) electrons. The van der Waals surface area contributed by atoms with Crippen LogP contribution in [0.1, 0.15) is 5.56 Å². The van der Waals surface area contributed by atoms with Crippen molar-refractivity contribution in [3.8, 4) is 5.75 Å². The largest absolute Gasteiger partial charge is 0.497 e. The van der Waals surface area contributed by atoms with Crippen molar-refractivity contribution in [3.63, 3.8) is 0 Å². The fourth-order valence-electron chi connectivity index (χ4n) is 1.50. The highest BCUT2D eigenvalue weighted by molar-refractivity contribution is 9.10. The minimum Gasteiger partial charge on any atom is -0.497 e. The standard InChI is InChI=1S/C12H10BrFN2O2/c1-18-9-3-2-8(11(14)4-9)6-16-7-15-5-10(13)12(16)17/h2-5,7H,6H2,1H3. The van der Waals surface area contributed by atoms with Crippen LogP contribution < -0.4 is 10.3 Å². The summed E-state index contributed by atoms with van der Waals surface area (Å²) in [7, 11) is 1.47. The maximum atomic E-state index is 13.7. The first-order chi connectivity index (χ1) is 8.61. The number of nitrogens with zero attached hydrogens (tertiary/aromatic N) is 2. The number of methoxy groups -OCH3 is 1. The van der Waals surface area contributed by atoms with Gasteiger partial charge in [0.2, 0.25) is 0 Å². The molecule has 0 saturated carbocycles. The van der Waals surface area contributed by atoms with Gasteiger partial charge in [0.1, 0.15) is 16.0 Å². The third-order valence-corrected chi connectivity index (χ3v) is 3.00. The number of hydrogen-bond donors (Lipinski definition) is 0. The molecule has 0 saturated heterocycles. The summed E-state index contributed by atoms with van der Waals surface area (Å²) >= 11 is 3.09. The zero-order valence-electron chi connectivity index (χ0n) is 9.56. The zero-order valence-corrected chi connectivity index (χ0v) is 11.1. The van der Waals surface area contributed by atoms with Crippen molar-refractivity contribution in [1.82, 2.24) is 9.55 Å². The summed E-state index contributed by atoms with van der Waals surface area (Å²) in [5.41, 5.74) is 0.151. The molecule has 0 aliphatic heterocycles. The van der Waals surface area contributed by atoms with E-state index < -0.39 is 5.82 Å². The molecule has 2 aromatic rings. The highest BCUT2D eigenvalue weighted by atomic mass is 79.9. The van der Waals surface area contributed by atoms with E-state index in [4.69, 9.17) is 4.74 Å². The molecule has 1 heterocycles. The molecule has 0 fully saturated rings. The highest BCUT2D eigenvalue weighted by Gasteiger charge is 2.07. The molecule has 0 spiro atoms. The number of benzene rings is 1. The number of ether oxygens (including phenoxy) is 1. The Hall–Kier alpha value is -1.69. The maximum Gasteiger partial charge on any atom is 0.267 e. The average molecular weight is 313 g/mol. The molecular formula is C12H10BrFN2O2. The van der Waals surface area contributed by atoms with Gasteiger partial charge in [-0.25, -0.2) is 9.37 Å². The van der Waals surface area contributed by atoms with Crippen LogP contribution in [0.2, 0.25) is 0 Å². The molecule has 0 aliphatic rings. The van der Waals surface area contributed by atoms with Crippen LogP contribution in [-0.2, 0) is 6.54 Å². The molecule has 2 rings (SSSR count). The zero-order chi connectivity index (χ0) is 13.1. The van der Waals surface area contributed by atoms with Gasteiger partial charge < -0.3 is 4.74 Å². The molecular weight excluding hydrogens is 303 g/mol. The quantitative estimate of drug-likeness (QED) is 0.872. The Balaban J connectivity index is 2.34. The normalized spacial score (nSPS) is 10.4. The molecule has 94 valence electrons. The van der Waals surface area contributed by atoms with E-state index in [1.165, 1.54) is 30.3 Å². The molecule has 0 atom stereocenters. The molecule has 0 unspecified atom stereocenters. The van der Waals surface area contributed by atoms with E-state index in [9.17, 15) is 9.18 Å². The lowest BCUT2D eigenvalue weighted by atomic mass is 10.2. The molecule has 18 heavy (non-hydrogen) atoms. The smallest absolute Gasteiger partial charge is 0.267 e. The number of hydrogen-bond acceptors (Lipinski definition) is 3. The molecule has 1 aromatic carbocycles. The summed E-state index contributed by atoms with van der Waals surface area (Å²) in [5.74, 6) is 0.0252. The monoisotopic (exact) mass is 312 g/mol. The average Bonchev–Trinajstić information content (AvgIpc) is 2.37. The molecule has 4 nitrogen and oxygen atoms in total. The second-order valence-corrected chi connectivity index (χ2v) is 4.49. The topological polar surface area (TPSA) is 44.1 Å². The van der Waals surface area contributed by atoms with E-state index >= 15 is 0 Å². The SMILES string of the molecule is COc1ccc(Cn2cncc(Br)c2=O)c(F)c1. The van der Waals surface area contributed by atoms with E-state index in [1.807, 2.05) is 0 Å². The summed E-state index contributed by atoms with van der Waals surface area (Å²) in [5, 5.41) is 0. The van der Waals surface area contributed by atoms with Crippen LogP contribution in [0, 0.1) is 5.82 Å². The third kappa shape index (κ3) is 2.59. The van der Waals surface area contributed by atoms with Crippen LogP contribution in [0.4, 0.5) is 4.39 Å². The van der Waals surface area contributed by atoms with Gasteiger partial charge >= 0.3 is 0 Å². The van der Waals surface area contributed by atoms with Crippen LogP contribution in [0.15, 0.2) is 40.0 Å². The second-order valence-electron chi connectivity index (χ2n) is 3.63. The molecule has 6 heteroatoms. The summed E-state index contributed by atoms with van der Waals surface area (Å²) in [4.78, 5) is 15.6. The van der Waals surface area contributed by atoms with Crippen molar-refractivity contribution in [2.24, 2.45) is 0 Å². The summed E-state index contributed by atoms with van der Waals surface area (Å²) in [6, 6.07) is 4.52. The third-order valence-electron chi connectivity index (χ3n) is 2.46. The van der Waals surface area contributed by atoms with Gasteiger partial charge in [-0.3, -0.25) is 9.36 Å². The van der Waals surface area contributed by atoms with Gasteiger partial charge in [0.05, 0.1) is 20.0 Å². The molecule has 0 amide bonds. The lowest BCUT2D eigenvalue weighted by molar-refractivity contribution is 0.410. The summed E-state index contributed by atoms with van der Waals surface area (Å²) < 4.78 is 20.3. The predicted molar refractivity (Wildman–Crippen MR) is 68.3 cm³/mol. The van der Waals surface area contributed by atoms with Gasteiger partial charge in [0, 0.05) is 17.8 Å². The molecule has 0 N–H and O–H groups in total. The van der Waals surface area contributed by atoms with Crippen LogP contribution in [0.5, 0.6) is 5.75 Å². The summed E-state index contributed by atoms with van der Waals surface area (Å²) in [6.45, 7) is 0.126. The van der Waals surface area contributed by atoms with Crippen molar-refractivity contribution in [2.45, 2.75) is 6.54 Å². The fourth-order valence-corrected chi connectivity index (χ4v) is 1.85. The first-order valence-electron chi connectivity index (χ1n) is 5.14. The van der Waals surface area contributed by atoms with Crippen molar-refractivity contribution in [3.05, 3.63) is 56.9 Å². The highest BCUT2D eigenvalue weighted by Crippen LogP contribution is 2.16. The molecule has 0 bridgehead atoms. The van der Waals surface area contributed by atoms with Crippen LogP contribution in [-0.4, -0.2) is 16.7 Å². The maximum absolute atomic E-state index is 13.7. The Kier molecular flexibility index (Phi) is 3.76. The lowest BCUT2D eigenvalue weighted by Gasteiger charge is -2.08. The van der Waals surface area contributed by atoms with Crippen molar-refractivity contribution < 1.29 is 9.13 Å². The Bertz CT molecular complexity index is 628. The van der Waals surface area contributed by atoms with E-state index in [1.54, 1.807) is 12.1 Å². The first kappa shape index (κ1) is 12.8. The molecule has 1 aromatic heterocycles. The molecule has 0 aliphatic carbocycles. The summed E-state index contributed by atoms with van der Waals surface area (Å²) in [6.07, 6.45) is 2.78. The Morgan fingerprint density at radius 1 is 1.50 bits per heavy atom. The first-order valence-corrected chi connectivity index (χ1v) is 5.93. The van der Waals surface area contributed by atoms with Gasteiger partial charge in [0.15, 0.2) is 0 Å². The van der Waals surface area contributed by atoms with E-state index in [2.05, 4.69) is 20.9 Å². The second kappa shape index (κ2) is 5.30. The van der Waals surface area contributed by atoms with Crippen molar-refractivity contribution >= 4 is 15.9 Å². The Morgan fingerprint density at radius 2 is 2.28 bits per heavy atom. The van der Waals surface area contributed by atoms with Gasteiger partial charge in [-0.15, -0.1) is 0 Å².